The minimum absolute atomic E-state index is 0.110. The fourth-order valence-electron chi connectivity index (χ4n) is 3.53. The lowest BCUT2D eigenvalue weighted by atomic mass is 9.87. The van der Waals surface area contributed by atoms with Gasteiger partial charge in [-0.1, -0.05) is 66.7 Å². The van der Waals surface area contributed by atoms with Gasteiger partial charge in [-0.3, -0.25) is 9.59 Å². The van der Waals surface area contributed by atoms with Gasteiger partial charge in [-0.15, -0.1) is 0 Å². The van der Waals surface area contributed by atoms with Crippen molar-refractivity contribution in [1.82, 2.24) is 5.32 Å². The van der Waals surface area contributed by atoms with E-state index in [9.17, 15) is 14.9 Å². The van der Waals surface area contributed by atoms with Crippen molar-refractivity contribution in [2.75, 3.05) is 11.1 Å². The highest BCUT2D eigenvalue weighted by Gasteiger charge is 2.29. The van der Waals surface area contributed by atoms with E-state index in [1.807, 2.05) is 63.2 Å². The van der Waals surface area contributed by atoms with Gasteiger partial charge in [0.25, 0.3) is 0 Å². The molecule has 3 rings (SSSR count). The monoisotopic (exact) mass is 419 g/mol. The number of benzene rings is 2. The minimum atomic E-state index is -0.294. The van der Waals surface area contributed by atoms with Gasteiger partial charge in [-0.05, 0) is 37.0 Å². The van der Waals surface area contributed by atoms with Crippen molar-refractivity contribution >= 4 is 29.3 Å². The molecular weight excluding hydrogens is 394 g/mol. The van der Waals surface area contributed by atoms with Crippen LogP contribution in [-0.4, -0.2) is 17.6 Å². The molecule has 1 atom stereocenters. The Morgan fingerprint density at radius 3 is 2.63 bits per heavy atom. The van der Waals surface area contributed by atoms with E-state index in [1.165, 1.54) is 11.8 Å². The van der Waals surface area contributed by atoms with Crippen LogP contribution in [0.15, 0.2) is 53.1 Å². The first-order chi connectivity index (χ1) is 14.4. The van der Waals surface area contributed by atoms with Crippen molar-refractivity contribution < 1.29 is 9.59 Å². The van der Waals surface area contributed by atoms with Gasteiger partial charge >= 0.3 is 0 Å². The second-order valence-electron chi connectivity index (χ2n) is 7.37. The molecule has 5 nitrogen and oxygen atoms in total. The number of nitrogens with zero attached hydrogens (tertiary/aromatic N) is 1. The lowest BCUT2D eigenvalue weighted by molar-refractivity contribution is -0.121. The van der Waals surface area contributed by atoms with Gasteiger partial charge in [0, 0.05) is 18.0 Å². The van der Waals surface area contributed by atoms with Crippen molar-refractivity contribution in [2.24, 2.45) is 0 Å². The van der Waals surface area contributed by atoms with Crippen molar-refractivity contribution in [3.8, 4) is 6.07 Å². The maximum Gasteiger partial charge on any atom is 0.234 e. The van der Waals surface area contributed by atoms with Crippen LogP contribution in [-0.2, 0) is 16.0 Å². The standard InChI is InChI=1S/C24H25N3O2S/c1-4-17-7-5-6-16(3)23(17)26-22(29)14-30-24-20(13-25)19(12-21(28)27-24)18-10-8-15(2)9-11-18/h5-11,19H,4,12,14H2,1-3H3,(H,26,29)(H,27,28)/t19-/m1/s1. The summed E-state index contributed by atoms with van der Waals surface area (Å²) in [5, 5.41) is 16.0. The second-order valence-corrected chi connectivity index (χ2v) is 8.36. The molecule has 2 amide bonds. The third-order valence-corrected chi connectivity index (χ3v) is 6.20. The quantitative estimate of drug-likeness (QED) is 0.718. The normalized spacial score (nSPS) is 16.1. The van der Waals surface area contributed by atoms with E-state index in [-0.39, 0.29) is 29.9 Å². The Kier molecular flexibility index (Phi) is 6.96. The van der Waals surface area contributed by atoms with E-state index in [0.29, 0.717) is 10.6 Å². The van der Waals surface area contributed by atoms with Crippen LogP contribution < -0.4 is 10.6 Å². The Morgan fingerprint density at radius 2 is 1.97 bits per heavy atom. The summed E-state index contributed by atoms with van der Waals surface area (Å²) in [4.78, 5) is 24.9. The molecule has 0 bridgehead atoms. The first-order valence-corrected chi connectivity index (χ1v) is 10.9. The summed E-state index contributed by atoms with van der Waals surface area (Å²) in [6, 6.07) is 16.1. The van der Waals surface area contributed by atoms with Gasteiger partial charge in [0.05, 0.1) is 22.4 Å². The molecular formula is C24H25N3O2S. The number of anilines is 1. The Labute approximate surface area is 181 Å². The number of thioether (sulfide) groups is 1. The van der Waals surface area contributed by atoms with Crippen LogP contribution in [0.25, 0.3) is 0 Å². The first-order valence-electron chi connectivity index (χ1n) is 9.94. The van der Waals surface area contributed by atoms with E-state index in [2.05, 4.69) is 16.7 Å². The number of carbonyl (C=O) groups is 2. The second kappa shape index (κ2) is 9.64. The predicted octanol–water partition coefficient (Wildman–Crippen LogP) is 4.58. The zero-order valence-electron chi connectivity index (χ0n) is 17.4. The van der Waals surface area contributed by atoms with E-state index in [1.54, 1.807) is 0 Å². The number of aryl methyl sites for hydroxylation is 3. The molecule has 0 radical (unpaired) electrons. The molecule has 0 fully saturated rings. The lowest BCUT2D eigenvalue weighted by Gasteiger charge is -2.25. The van der Waals surface area contributed by atoms with Gasteiger partial charge in [0.15, 0.2) is 0 Å². The first kappa shape index (κ1) is 21.7. The Morgan fingerprint density at radius 1 is 1.23 bits per heavy atom. The summed E-state index contributed by atoms with van der Waals surface area (Å²) in [5.41, 5.74) is 5.48. The average Bonchev–Trinajstić information content (AvgIpc) is 2.73. The molecule has 0 saturated heterocycles. The van der Waals surface area contributed by atoms with Crippen molar-refractivity contribution in [2.45, 2.75) is 39.5 Å². The number of nitriles is 1. The summed E-state index contributed by atoms with van der Waals surface area (Å²) >= 11 is 1.20. The zero-order chi connectivity index (χ0) is 21.7. The topological polar surface area (TPSA) is 82.0 Å². The van der Waals surface area contributed by atoms with Crippen LogP contribution in [0, 0.1) is 25.2 Å². The maximum absolute atomic E-state index is 12.6. The zero-order valence-corrected chi connectivity index (χ0v) is 18.2. The number of carbonyl (C=O) groups excluding carboxylic acids is 2. The summed E-state index contributed by atoms with van der Waals surface area (Å²) in [7, 11) is 0. The molecule has 1 heterocycles. The number of para-hydroxylation sites is 1. The number of hydrogen-bond donors (Lipinski definition) is 2. The number of allylic oxidation sites excluding steroid dienone is 1. The van der Waals surface area contributed by atoms with E-state index in [0.717, 1.165) is 34.4 Å². The number of rotatable bonds is 6. The molecule has 6 heteroatoms. The summed E-state index contributed by atoms with van der Waals surface area (Å²) in [5.74, 6) is -0.494. The van der Waals surface area contributed by atoms with E-state index >= 15 is 0 Å². The maximum atomic E-state index is 12.6. The molecule has 0 spiro atoms. The average molecular weight is 420 g/mol. The third kappa shape index (κ3) is 4.92. The summed E-state index contributed by atoms with van der Waals surface area (Å²) in [6.07, 6.45) is 1.05. The van der Waals surface area contributed by atoms with Crippen molar-refractivity contribution in [3.05, 3.63) is 75.3 Å². The smallest absolute Gasteiger partial charge is 0.234 e. The Hall–Kier alpha value is -3.04. The number of nitrogens with one attached hydrogen (secondary N) is 2. The third-order valence-electron chi connectivity index (χ3n) is 5.19. The van der Waals surface area contributed by atoms with Crippen LogP contribution in [0.5, 0.6) is 0 Å². The van der Waals surface area contributed by atoms with Gasteiger partial charge in [-0.25, -0.2) is 0 Å². The largest absolute Gasteiger partial charge is 0.325 e. The molecule has 2 aromatic carbocycles. The van der Waals surface area contributed by atoms with Crippen LogP contribution in [0.1, 0.15) is 41.5 Å². The number of amides is 2. The Balaban J connectivity index is 1.77. The van der Waals surface area contributed by atoms with Crippen LogP contribution >= 0.6 is 11.8 Å². The van der Waals surface area contributed by atoms with E-state index in [4.69, 9.17) is 0 Å². The highest BCUT2D eigenvalue weighted by Crippen LogP contribution is 2.36. The molecule has 30 heavy (non-hydrogen) atoms. The molecule has 0 aliphatic carbocycles. The molecule has 2 N–H and O–H groups in total. The van der Waals surface area contributed by atoms with E-state index < -0.39 is 0 Å². The van der Waals surface area contributed by atoms with Crippen molar-refractivity contribution in [3.63, 3.8) is 0 Å². The number of hydrogen-bond acceptors (Lipinski definition) is 4. The fraction of sp³-hybridized carbons (Fsp3) is 0.292. The summed E-state index contributed by atoms with van der Waals surface area (Å²) < 4.78 is 0. The van der Waals surface area contributed by atoms with Gasteiger partial charge in [0.1, 0.15) is 0 Å². The molecule has 1 aliphatic heterocycles. The summed E-state index contributed by atoms with van der Waals surface area (Å²) in [6.45, 7) is 6.01. The highest BCUT2D eigenvalue weighted by atomic mass is 32.2. The molecule has 1 aliphatic rings. The Bertz CT molecular complexity index is 1040. The van der Waals surface area contributed by atoms with Crippen LogP contribution in [0.2, 0.25) is 0 Å². The highest BCUT2D eigenvalue weighted by molar-refractivity contribution is 8.03. The molecule has 2 aromatic rings. The van der Waals surface area contributed by atoms with Gasteiger partial charge in [-0.2, -0.15) is 5.26 Å². The minimum Gasteiger partial charge on any atom is -0.325 e. The van der Waals surface area contributed by atoms with Crippen molar-refractivity contribution in [1.29, 1.82) is 5.26 Å². The predicted molar refractivity (Wildman–Crippen MR) is 121 cm³/mol. The lowest BCUT2D eigenvalue weighted by Crippen LogP contribution is -2.31. The van der Waals surface area contributed by atoms with Gasteiger partial charge < -0.3 is 10.6 Å². The molecule has 154 valence electrons. The van der Waals surface area contributed by atoms with Crippen LogP contribution in [0.4, 0.5) is 5.69 Å². The fourth-order valence-corrected chi connectivity index (χ4v) is 4.41. The molecule has 0 aromatic heterocycles. The molecule has 0 unspecified atom stereocenters. The van der Waals surface area contributed by atoms with Gasteiger partial charge in [0.2, 0.25) is 11.8 Å². The van der Waals surface area contributed by atoms with Crippen LogP contribution in [0.3, 0.4) is 0 Å². The SMILES string of the molecule is CCc1cccc(C)c1NC(=O)CSC1=C(C#N)[C@@H](c2ccc(C)cc2)CC(=O)N1. The molecule has 0 saturated carbocycles.